The number of aromatic nitrogens is 3. The number of alkyl halides is 1. The largest absolute Gasteiger partial charge is 0.493 e. The van der Waals surface area contributed by atoms with E-state index in [-0.39, 0.29) is 6.04 Å². The topological polar surface area (TPSA) is 65.4 Å². The van der Waals surface area contributed by atoms with Gasteiger partial charge in [0, 0.05) is 29.4 Å². The van der Waals surface area contributed by atoms with Gasteiger partial charge in [0.1, 0.15) is 12.4 Å². The Bertz CT molecular complexity index is 846. The smallest absolute Gasteiger partial charge is 0.155 e. The molecular weight excluding hydrogens is 319 g/mol. The maximum Gasteiger partial charge on any atom is 0.155 e. The first-order valence-corrected chi connectivity index (χ1v) is 8.45. The van der Waals surface area contributed by atoms with Gasteiger partial charge in [0.25, 0.3) is 0 Å². The summed E-state index contributed by atoms with van der Waals surface area (Å²) in [6.07, 6.45) is 4.29. The van der Waals surface area contributed by atoms with Crippen LogP contribution < -0.4 is 10.5 Å². The van der Waals surface area contributed by atoms with E-state index in [1.165, 1.54) is 0 Å². The molecule has 2 N–H and O–H groups in total. The van der Waals surface area contributed by atoms with Crippen LogP contribution in [0.2, 0.25) is 0 Å². The molecule has 0 aliphatic rings. The zero-order chi connectivity index (χ0) is 17.8. The molecule has 0 aliphatic heterocycles. The maximum absolute atomic E-state index is 13.5. The van der Waals surface area contributed by atoms with Crippen molar-refractivity contribution in [3.05, 3.63) is 48.3 Å². The van der Waals surface area contributed by atoms with Crippen molar-refractivity contribution in [2.75, 3.05) is 6.61 Å². The minimum atomic E-state index is -0.585. The van der Waals surface area contributed by atoms with Crippen LogP contribution in [0.4, 0.5) is 4.39 Å². The predicted octanol–water partition coefficient (Wildman–Crippen LogP) is 3.62. The van der Waals surface area contributed by atoms with Gasteiger partial charge in [0.2, 0.25) is 0 Å². The Hall–Kier alpha value is -2.47. The van der Waals surface area contributed by atoms with Gasteiger partial charge in [-0.25, -0.2) is 13.9 Å². The first kappa shape index (κ1) is 17.4. The normalized spacial score (nSPS) is 13.8. The standard InChI is InChI=1S/C19H23FN4O/c1-13(9-14(2)21)12-25-18-4-3-15(10-16(18)11-20)17-5-7-22-19-6-8-23-24(17)19/h3-8,10,13-14H,9,11-12,21H2,1-2H3. The highest BCUT2D eigenvalue weighted by atomic mass is 19.1. The molecule has 3 aromatic rings. The molecule has 0 aliphatic carbocycles. The lowest BCUT2D eigenvalue weighted by Gasteiger charge is -2.17. The molecule has 0 bridgehead atoms. The van der Waals surface area contributed by atoms with E-state index in [9.17, 15) is 4.39 Å². The average molecular weight is 342 g/mol. The van der Waals surface area contributed by atoms with Crippen LogP contribution in [-0.4, -0.2) is 27.2 Å². The number of nitrogens with two attached hydrogens (primary N) is 1. The molecule has 0 spiro atoms. The molecule has 132 valence electrons. The Morgan fingerprint density at radius 1 is 1.20 bits per heavy atom. The fourth-order valence-electron chi connectivity index (χ4n) is 2.97. The summed E-state index contributed by atoms with van der Waals surface area (Å²) in [7, 11) is 0. The van der Waals surface area contributed by atoms with Crippen LogP contribution in [0.5, 0.6) is 5.75 Å². The van der Waals surface area contributed by atoms with Gasteiger partial charge in [0.15, 0.2) is 5.65 Å². The van der Waals surface area contributed by atoms with Crippen LogP contribution in [0.25, 0.3) is 16.9 Å². The molecule has 1 aromatic carbocycles. The molecule has 2 atom stereocenters. The van der Waals surface area contributed by atoms with Crippen molar-refractivity contribution in [1.29, 1.82) is 0 Å². The molecule has 0 amide bonds. The van der Waals surface area contributed by atoms with Crippen LogP contribution in [0.1, 0.15) is 25.8 Å². The second-order valence-electron chi connectivity index (χ2n) is 6.52. The van der Waals surface area contributed by atoms with E-state index in [1.54, 1.807) is 16.9 Å². The monoisotopic (exact) mass is 342 g/mol. The highest BCUT2D eigenvalue weighted by Crippen LogP contribution is 2.28. The van der Waals surface area contributed by atoms with Crippen LogP contribution >= 0.6 is 0 Å². The Balaban J connectivity index is 1.83. The second-order valence-corrected chi connectivity index (χ2v) is 6.52. The zero-order valence-corrected chi connectivity index (χ0v) is 14.5. The number of hydrogen-bond acceptors (Lipinski definition) is 4. The summed E-state index contributed by atoms with van der Waals surface area (Å²) in [4.78, 5) is 4.25. The highest BCUT2D eigenvalue weighted by molar-refractivity contribution is 5.64. The fraction of sp³-hybridized carbons (Fsp3) is 0.368. The van der Waals surface area contributed by atoms with Crippen molar-refractivity contribution >= 4 is 5.65 Å². The molecule has 3 rings (SSSR count). The highest BCUT2D eigenvalue weighted by Gasteiger charge is 2.12. The first-order valence-electron chi connectivity index (χ1n) is 8.45. The van der Waals surface area contributed by atoms with Gasteiger partial charge in [0.05, 0.1) is 18.5 Å². The quantitative estimate of drug-likeness (QED) is 0.712. The molecule has 0 radical (unpaired) electrons. The summed E-state index contributed by atoms with van der Waals surface area (Å²) >= 11 is 0. The minimum absolute atomic E-state index is 0.129. The molecule has 2 heterocycles. The van der Waals surface area contributed by atoms with E-state index in [2.05, 4.69) is 17.0 Å². The third-order valence-electron chi connectivity index (χ3n) is 4.09. The van der Waals surface area contributed by atoms with Crippen LogP contribution in [-0.2, 0) is 6.67 Å². The fourth-order valence-corrected chi connectivity index (χ4v) is 2.97. The number of rotatable bonds is 7. The Morgan fingerprint density at radius 3 is 2.80 bits per heavy atom. The van der Waals surface area contributed by atoms with Gasteiger partial charge in [-0.15, -0.1) is 0 Å². The van der Waals surface area contributed by atoms with Crippen molar-refractivity contribution in [2.24, 2.45) is 11.7 Å². The van der Waals surface area contributed by atoms with Crippen molar-refractivity contribution in [2.45, 2.75) is 33.0 Å². The molecule has 2 unspecified atom stereocenters. The van der Waals surface area contributed by atoms with Crippen molar-refractivity contribution in [3.63, 3.8) is 0 Å². The Morgan fingerprint density at radius 2 is 2.04 bits per heavy atom. The van der Waals surface area contributed by atoms with Gasteiger partial charge >= 0.3 is 0 Å². The summed E-state index contributed by atoms with van der Waals surface area (Å²) in [5, 5.41) is 4.28. The lowest BCUT2D eigenvalue weighted by atomic mass is 10.0. The van der Waals surface area contributed by atoms with E-state index in [1.807, 2.05) is 37.3 Å². The Labute approximate surface area is 146 Å². The third-order valence-corrected chi connectivity index (χ3v) is 4.09. The van der Waals surface area contributed by atoms with Crippen molar-refractivity contribution in [3.8, 4) is 17.0 Å². The number of benzene rings is 1. The van der Waals surface area contributed by atoms with E-state index < -0.39 is 6.67 Å². The van der Waals surface area contributed by atoms with Gasteiger partial charge in [-0.1, -0.05) is 6.92 Å². The SMILES string of the molecule is CC(N)CC(C)COc1ccc(-c2ccnc3ccnn23)cc1CF. The van der Waals surface area contributed by atoms with Gasteiger partial charge in [-0.3, -0.25) is 0 Å². The van der Waals surface area contributed by atoms with Crippen LogP contribution in [0, 0.1) is 5.92 Å². The van der Waals surface area contributed by atoms with Gasteiger partial charge in [-0.05, 0) is 43.5 Å². The van der Waals surface area contributed by atoms with E-state index in [0.717, 1.165) is 23.3 Å². The number of halogens is 1. The molecule has 0 saturated carbocycles. The summed E-state index contributed by atoms with van der Waals surface area (Å²) in [6.45, 7) is 3.99. The molecule has 2 aromatic heterocycles. The zero-order valence-electron chi connectivity index (χ0n) is 14.5. The lowest BCUT2D eigenvalue weighted by molar-refractivity contribution is 0.242. The molecule has 6 heteroatoms. The summed E-state index contributed by atoms with van der Waals surface area (Å²) < 4.78 is 21.1. The van der Waals surface area contributed by atoms with E-state index in [4.69, 9.17) is 10.5 Å². The number of fused-ring (bicyclic) bond motifs is 1. The molecular formula is C19H23FN4O. The van der Waals surface area contributed by atoms with E-state index >= 15 is 0 Å². The maximum atomic E-state index is 13.5. The molecule has 25 heavy (non-hydrogen) atoms. The molecule has 5 nitrogen and oxygen atoms in total. The summed E-state index contributed by atoms with van der Waals surface area (Å²) in [5.41, 5.74) is 8.83. The van der Waals surface area contributed by atoms with E-state index in [0.29, 0.717) is 23.8 Å². The second kappa shape index (κ2) is 7.61. The predicted molar refractivity (Wildman–Crippen MR) is 96.2 cm³/mol. The third kappa shape index (κ3) is 3.96. The van der Waals surface area contributed by atoms with Gasteiger partial charge in [-0.2, -0.15) is 5.10 Å². The minimum Gasteiger partial charge on any atom is -0.493 e. The number of nitrogens with zero attached hydrogens (tertiary/aromatic N) is 3. The van der Waals surface area contributed by atoms with Gasteiger partial charge < -0.3 is 10.5 Å². The van der Waals surface area contributed by atoms with Crippen LogP contribution in [0.15, 0.2) is 42.7 Å². The number of ether oxygens (including phenoxy) is 1. The first-order chi connectivity index (χ1) is 12.1. The number of hydrogen-bond donors (Lipinski definition) is 1. The Kier molecular flexibility index (Phi) is 5.28. The molecule has 0 fully saturated rings. The summed E-state index contributed by atoms with van der Waals surface area (Å²) in [6, 6.07) is 9.37. The molecule has 0 saturated heterocycles. The van der Waals surface area contributed by atoms with Crippen LogP contribution in [0.3, 0.4) is 0 Å². The van der Waals surface area contributed by atoms with Crippen molar-refractivity contribution in [1.82, 2.24) is 14.6 Å². The summed E-state index contributed by atoms with van der Waals surface area (Å²) in [5.74, 6) is 0.893. The average Bonchev–Trinajstić information content (AvgIpc) is 3.08. The lowest BCUT2D eigenvalue weighted by Crippen LogP contribution is -2.21. The van der Waals surface area contributed by atoms with Crippen molar-refractivity contribution < 1.29 is 9.13 Å².